The monoisotopic (exact) mass is 248 g/mol. The number of fused-ring (bicyclic) bond motifs is 1. The molecule has 0 saturated heterocycles. The van der Waals surface area contributed by atoms with Crippen molar-refractivity contribution >= 4 is 22.8 Å². The number of carbonyl (C=O) groups excluding carboxylic acids is 1. The minimum absolute atomic E-state index is 0.0930. The number of carbonyl (C=O) groups is 1. The van der Waals surface area contributed by atoms with Gasteiger partial charge in [0.25, 0.3) is 5.91 Å². The van der Waals surface area contributed by atoms with Gasteiger partial charge in [0, 0.05) is 17.5 Å². The second-order valence-corrected chi connectivity index (χ2v) is 5.01. The van der Waals surface area contributed by atoms with Gasteiger partial charge in [-0.1, -0.05) is 23.9 Å². The fourth-order valence-electron chi connectivity index (χ4n) is 1.80. The Morgan fingerprint density at radius 1 is 1.35 bits per heavy atom. The first kappa shape index (κ1) is 10.5. The van der Waals surface area contributed by atoms with Crippen molar-refractivity contribution in [3.8, 4) is 0 Å². The zero-order valence-corrected chi connectivity index (χ0v) is 9.71. The minimum atomic E-state index is -0.225. The summed E-state index contributed by atoms with van der Waals surface area (Å²) < 4.78 is 12.7. The van der Waals surface area contributed by atoms with Crippen LogP contribution in [-0.4, -0.2) is 22.5 Å². The lowest BCUT2D eigenvalue weighted by Crippen LogP contribution is -2.16. The van der Waals surface area contributed by atoms with Crippen LogP contribution in [0.25, 0.3) is 0 Å². The fourth-order valence-corrected chi connectivity index (χ4v) is 2.84. The van der Waals surface area contributed by atoms with Gasteiger partial charge in [-0.2, -0.15) is 4.99 Å². The molecule has 0 bridgehead atoms. The Kier molecular flexibility index (Phi) is 2.48. The lowest BCUT2D eigenvalue weighted by Gasteiger charge is -2.02. The summed E-state index contributed by atoms with van der Waals surface area (Å²) in [6.07, 6.45) is 2.69. The van der Waals surface area contributed by atoms with Crippen molar-refractivity contribution in [1.82, 2.24) is 4.90 Å². The number of thioether (sulfide) groups is 1. The van der Waals surface area contributed by atoms with Gasteiger partial charge < -0.3 is 4.90 Å². The molecule has 2 aliphatic heterocycles. The van der Waals surface area contributed by atoms with E-state index in [0.29, 0.717) is 6.54 Å². The molecule has 0 radical (unpaired) electrons. The predicted octanol–water partition coefficient (Wildman–Crippen LogP) is 2.15. The third kappa shape index (κ3) is 2.10. The number of amides is 1. The van der Waals surface area contributed by atoms with Gasteiger partial charge in [0.05, 0.1) is 0 Å². The number of halogens is 1. The molecule has 0 unspecified atom stereocenters. The van der Waals surface area contributed by atoms with E-state index in [2.05, 4.69) is 4.99 Å². The Morgan fingerprint density at radius 2 is 2.12 bits per heavy atom. The standard InChI is InChI=1S/C12H9FN2OS/c13-9-3-1-8(2-4-9)5-10-6-15-7-11(16)14-12(15)17-10/h1-4,6H,5,7H2. The molecule has 0 N–H and O–H groups in total. The third-order valence-corrected chi connectivity index (χ3v) is 3.61. The number of amidine groups is 1. The van der Waals surface area contributed by atoms with Crippen LogP contribution in [0.3, 0.4) is 0 Å². The second-order valence-electron chi connectivity index (χ2n) is 3.92. The molecule has 5 heteroatoms. The van der Waals surface area contributed by atoms with Crippen LogP contribution in [0.2, 0.25) is 0 Å². The molecule has 0 saturated carbocycles. The molecule has 2 aliphatic rings. The number of benzene rings is 1. The molecular formula is C12H9FN2OS. The van der Waals surface area contributed by atoms with Crippen molar-refractivity contribution in [3.05, 3.63) is 46.8 Å². The molecule has 1 amide bonds. The largest absolute Gasteiger partial charge is 0.317 e. The summed E-state index contributed by atoms with van der Waals surface area (Å²) in [5, 5.41) is 0.757. The number of rotatable bonds is 2. The molecule has 2 heterocycles. The van der Waals surface area contributed by atoms with Crippen molar-refractivity contribution in [2.75, 3.05) is 6.54 Å². The van der Waals surface area contributed by atoms with Crippen molar-refractivity contribution in [2.45, 2.75) is 6.42 Å². The maximum Gasteiger partial charge on any atom is 0.268 e. The van der Waals surface area contributed by atoms with Gasteiger partial charge in [-0.3, -0.25) is 4.79 Å². The summed E-state index contributed by atoms with van der Waals surface area (Å²) in [6, 6.07) is 6.45. The Labute approximate surface area is 102 Å². The molecule has 86 valence electrons. The molecule has 0 aromatic heterocycles. The van der Waals surface area contributed by atoms with Gasteiger partial charge in [-0.15, -0.1) is 0 Å². The molecule has 0 aliphatic carbocycles. The van der Waals surface area contributed by atoms with Crippen molar-refractivity contribution in [3.63, 3.8) is 0 Å². The zero-order valence-electron chi connectivity index (χ0n) is 8.89. The van der Waals surface area contributed by atoms with Gasteiger partial charge in [-0.25, -0.2) is 4.39 Å². The summed E-state index contributed by atoms with van der Waals surface area (Å²) >= 11 is 1.51. The number of nitrogens with zero attached hydrogens (tertiary/aromatic N) is 2. The van der Waals surface area contributed by atoms with Gasteiger partial charge in [0.2, 0.25) is 0 Å². The third-order valence-electron chi connectivity index (χ3n) is 2.59. The highest BCUT2D eigenvalue weighted by Gasteiger charge is 2.28. The van der Waals surface area contributed by atoms with E-state index < -0.39 is 0 Å². The normalized spacial score (nSPS) is 18.2. The molecule has 17 heavy (non-hydrogen) atoms. The van der Waals surface area contributed by atoms with E-state index in [1.54, 1.807) is 12.1 Å². The summed E-state index contributed by atoms with van der Waals surface area (Å²) in [6.45, 7) is 0.343. The van der Waals surface area contributed by atoms with Crippen molar-refractivity contribution in [1.29, 1.82) is 0 Å². The van der Waals surface area contributed by atoms with E-state index in [1.807, 2.05) is 11.1 Å². The van der Waals surface area contributed by atoms with Crippen LogP contribution in [0, 0.1) is 5.82 Å². The number of hydrogen-bond donors (Lipinski definition) is 0. The van der Waals surface area contributed by atoms with E-state index in [1.165, 1.54) is 23.9 Å². The predicted molar refractivity (Wildman–Crippen MR) is 64.9 cm³/mol. The lowest BCUT2D eigenvalue weighted by molar-refractivity contribution is -0.116. The fraction of sp³-hybridized carbons (Fsp3) is 0.167. The van der Waals surface area contributed by atoms with Crippen LogP contribution in [0.15, 0.2) is 40.4 Å². The summed E-state index contributed by atoms with van der Waals surface area (Å²) in [5.74, 6) is -0.318. The molecule has 1 aromatic carbocycles. The van der Waals surface area contributed by atoms with E-state index in [9.17, 15) is 9.18 Å². The maximum absolute atomic E-state index is 12.7. The number of hydrogen-bond acceptors (Lipinski definition) is 3. The second kappa shape index (κ2) is 4.00. The van der Waals surface area contributed by atoms with E-state index in [-0.39, 0.29) is 11.7 Å². The minimum Gasteiger partial charge on any atom is -0.317 e. The molecule has 0 spiro atoms. The number of aliphatic imine (C=N–C) groups is 1. The molecular weight excluding hydrogens is 239 g/mol. The Morgan fingerprint density at radius 3 is 2.82 bits per heavy atom. The summed E-state index contributed by atoms with van der Waals surface area (Å²) in [5.41, 5.74) is 1.05. The first-order chi connectivity index (χ1) is 8.20. The Hall–Kier alpha value is -1.62. The Balaban J connectivity index is 1.72. The zero-order chi connectivity index (χ0) is 11.8. The van der Waals surface area contributed by atoms with Crippen LogP contribution in [0.4, 0.5) is 4.39 Å². The quantitative estimate of drug-likeness (QED) is 0.804. The smallest absolute Gasteiger partial charge is 0.268 e. The first-order valence-corrected chi connectivity index (χ1v) is 6.03. The van der Waals surface area contributed by atoms with Crippen LogP contribution < -0.4 is 0 Å². The highest BCUT2D eigenvalue weighted by atomic mass is 32.2. The van der Waals surface area contributed by atoms with E-state index >= 15 is 0 Å². The topological polar surface area (TPSA) is 32.7 Å². The lowest BCUT2D eigenvalue weighted by atomic mass is 10.1. The SMILES string of the molecule is O=C1CN2C=C(Cc3ccc(F)cc3)SC2=N1. The van der Waals surface area contributed by atoms with Gasteiger partial charge in [-0.05, 0) is 17.7 Å². The summed E-state index contributed by atoms with van der Waals surface area (Å²) in [7, 11) is 0. The molecule has 3 rings (SSSR count). The molecule has 3 nitrogen and oxygen atoms in total. The Bertz CT molecular complexity index is 536. The van der Waals surface area contributed by atoms with Gasteiger partial charge >= 0.3 is 0 Å². The summed E-state index contributed by atoms with van der Waals surface area (Å²) in [4.78, 5) is 17.9. The maximum atomic E-state index is 12.7. The molecule has 0 atom stereocenters. The average Bonchev–Trinajstić information content (AvgIpc) is 2.78. The van der Waals surface area contributed by atoms with Crippen molar-refractivity contribution in [2.24, 2.45) is 4.99 Å². The molecule has 0 fully saturated rings. The first-order valence-electron chi connectivity index (χ1n) is 5.22. The number of allylic oxidation sites excluding steroid dienone is 1. The van der Waals surface area contributed by atoms with E-state index in [4.69, 9.17) is 0 Å². The molecule has 1 aromatic rings. The van der Waals surface area contributed by atoms with Gasteiger partial charge in [0.1, 0.15) is 12.4 Å². The van der Waals surface area contributed by atoms with Gasteiger partial charge in [0.15, 0.2) is 5.17 Å². The van der Waals surface area contributed by atoms with Crippen LogP contribution in [-0.2, 0) is 11.2 Å². The van der Waals surface area contributed by atoms with Crippen molar-refractivity contribution < 1.29 is 9.18 Å². The van der Waals surface area contributed by atoms with Crippen LogP contribution >= 0.6 is 11.8 Å². The highest BCUT2D eigenvalue weighted by molar-refractivity contribution is 8.17. The van der Waals surface area contributed by atoms with E-state index in [0.717, 1.165) is 22.1 Å². The van der Waals surface area contributed by atoms with Crippen LogP contribution in [0.1, 0.15) is 5.56 Å². The van der Waals surface area contributed by atoms with Crippen LogP contribution in [0.5, 0.6) is 0 Å². The average molecular weight is 248 g/mol. The highest BCUT2D eigenvalue weighted by Crippen LogP contribution is 2.33.